The van der Waals surface area contributed by atoms with E-state index in [-0.39, 0.29) is 0 Å². The van der Waals surface area contributed by atoms with Gasteiger partial charge in [-0.3, -0.25) is 0 Å². The maximum absolute atomic E-state index is 4.12. The van der Waals surface area contributed by atoms with Gasteiger partial charge in [0.25, 0.3) is 0 Å². The maximum atomic E-state index is 4.12. The van der Waals surface area contributed by atoms with Crippen molar-refractivity contribution in [2.45, 2.75) is 32.0 Å². The zero-order chi connectivity index (χ0) is 14.9. The molecule has 0 spiro atoms. The van der Waals surface area contributed by atoms with Crippen molar-refractivity contribution < 1.29 is 0 Å². The van der Waals surface area contributed by atoms with Crippen molar-refractivity contribution in [2.24, 2.45) is 0 Å². The summed E-state index contributed by atoms with van der Waals surface area (Å²) in [7, 11) is 0. The molecule has 114 valence electrons. The van der Waals surface area contributed by atoms with Gasteiger partial charge in [0, 0.05) is 18.8 Å². The summed E-state index contributed by atoms with van der Waals surface area (Å²) in [6.07, 6.45) is 0.954. The number of aromatic nitrogens is 4. The fraction of sp³-hybridized carbons (Fsp3) is 0.533. The third-order valence-electron chi connectivity index (χ3n) is 3.49. The van der Waals surface area contributed by atoms with Crippen LogP contribution in [0, 0.1) is 0 Å². The molecular formula is C15H23N5S. The van der Waals surface area contributed by atoms with Crippen LogP contribution in [0.25, 0.3) is 0 Å². The maximum Gasteiger partial charge on any atom is 0.209 e. The van der Waals surface area contributed by atoms with Crippen molar-refractivity contribution in [1.29, 1.82) is 0 Å². The number of hydrogen-bond acceptors (Lipinski definition) is 5. The number of thioether (sulfide) groups is 1. The molecule has 1 heterocycles. The normalized spacial score (nSPS) is 11.2. The van der Waals surface area contributed by atoms with Crippen LogP contribution in [0.2, 0.25) is 0 Å². The number of hydrogen-bond donors (Lipinski definition) is 0. The first-order valence-corrected chi connectivity index (χ1v) is 8.47. The summed E-state index contributed by atoms with van der Waals surface area (Å²) in [4.78, 5) is 2.41. The average Bonchev–Trinajstić information content (AvgIpc) is 2.98. The van der Waals surface area contributed by atoms with E-state index in [1.807, 2.05) is 10.7 Å². The van der Waals surface area contributed by atoms with Crippen molar-refractivity contribution in [2.75, 3.05) is 25.4 Å². The van der Waals surface area contributed by atoms with Crippen molar-refractivity contribution in [3.05, 3.63) is 35.9 Å². The molecule has 0 saturated carbocycles. The molecule has 0 fully saturated rings. The summed E-state index contributed by atoms with van der Waals surface area (Å²) in [5, 5.41) is 12.9. The van der Waals surface area contributed by atoms with Gasteiger partial charge in [0.2, 0.25) is 5.16 Å². The van der Waals surface area contributed by atoms with Crippen LogP contribution in [0.3, 0.4) is 0 Å². The number of nitrogens with zero attached hydrogens (tertiary/aromatic N) is 5. The average molecular weight is 305 g/mol. The lowest BCUT2D eigenvalue weighted by molar-refractivity contribution is 0.323. The minimum atomic E-state index is 0.824. The zero-order valence-electron chi connectivity index (χ0n) is 12.8. The predicted octanol–water partition coefficient (Wildman–Crippen LogP) is 2.35. The Morgan fingerprint density at radius 2 is 1.90 bits per heavy atom. The molecule has 0 aliphatic rings. The highest BCUT2D eigenvalue weighted by molar-refractivity contribution is 7.99. The van der Waals surface area contributed by atoms with E-state index < -0.39 is 0 Å². The molecule has 1 aromatic heterocycles. The van der Waals surface area contributed by atoms with Crippen molar-refractivity contribution in [3.63, 3.8) is 0 Å². The molecule has 0 atom stereocenters. The summed E-state index contributed by atoms with van der Waals surface area (Å²) < 4.78 is 1.90. The number of benzene rings is 1. The smallest absolute Gasteiger partial charge is 0.209 e. The molecule has 0 saturated heterocycles. The van der Waals surface area contributed by atoms with Gasteiger partial charge in [-0.15, -0.1) is 5.10 Å². The van der Waals surface area contributed by atoms with E-state index in [4.69, 9.17) is 0 Å². The zero-order valence-corrected chi connectivity index (χ0v) is 13.6. The minimum Gasteiger partial charge on any atom is -0.303 e. The Balaban J connectivity index is 1.81. The van der Waals surface area contributed by atoms with Gasteiger partial charge in [-0.05, 0) is 35.5 Å². The van der Waals surface area contributed by atoms with Gasteiger partial charge in [-0.1, -0.05) is 55.9 Å². The third kappa shape index (κ3) is 5.13. The minimum absolute atomic E-state index is 0.824. The van der Waals surface area contributed by atoms with Crippen molar-refractivity contribution >= 4 is 11.8 Å². The van der Waals surface area contributed by atoms with Crippen LogP contribution in [-0.2, 0) is 13.0 Å². The predicted molar refractivity (Wildman–Crippen MR) is 86.5 cm³/mol. The summed E-state index contributed by atoms with van der Waals surface area (Å²) in [5.74, 6) is 1.02. The molecule has 0 aliphatic heterocycles. The monoisotopic (exact) mass is 305 g/mol. The van der Waals surface area contributed by atoms with Crippen molar-refractivity contribution in [3.8, 4) is 0 Å². The molecule has 0 unspecified atom stereocenters. The van der Waals surface area contributed by atoms with Gasteiger partial charge < -0.3 is 4.90 Å². The first-order valence-electron chi connectivity index (χ1n) is 7.48. The van der Waals surface area contributed by atoms with Gasteiger partial charge in [0.15, 0.2) is 0 Å². The Morgan fingerprint density at radius 3 is 2.62 bits per heavy atom. The van der Waals surface area contributed by atoms with E-state index >= 15 is 0 Å². The molecule has 2 aromatic rings. The van der Waals surface area contributed by atoms with E-state index in [9.17, 15) is 0 Å². The van der Waals surface area contributed by atoms with Gasteiger partial charge in [0.1, 0.15) is 0 Å². The lowest BCUT2D eigenvalue weighted by Crippen LogP contribution is -2.25. The number of rotatable bonds is 9. The summed E-state index contributed by atoms with van der Waals surface area (Å²) >= 11 is 1.73. The topological polar surface area (TPSA) is 46.8 Å². The van der Waals surface area contributed by atoms with Crippen LogP contribution in [0.5, 0.6) is 0 Å². The molecule has 0 bridgehead atoms. The lowest BCUT2D eigenvalue weighted by Gasteiger charge is -2.16. The Bertz CT molecular complexity index is 510. The molecule has 0 radical (unpaired) electrons. The second kappa shape index (κ2) is 8.79. The SMILES string of the molecule is CCN(CC)CCSc1nnnn1CCc1ccccc1. The molecule has 5 nitrogen and oxygen atoms in total. The molecule has 2 rings (SSSR count). The van der Waals surface area contributed by atoms with Gasteiger partial charge >= 0.3 is 0 Å². The Kier molecular flexibility index (Phi) is 6.69. The highest BCUT2D eigenvalue weighted by Gasteiger charge is 2.07. The van der Waals surface area contributed by atoms with Crippen LogP contribution in [-0.4, -0.2) is 50.5 Å². The lowest BCUT2D eigenvalue weighted by atomic mass is 10.2. The summed E-state index contributed by atoms with van der Waals surface area (Å²) in [6, 6.07) is 10.4. The van der Waals surface area contributed by atoms with Crippen molar-refractivity contribution in [1.82, 2.24) is 25.1 Å². The molecule has 0 amide bonds. The largest absolute Gasteiger partial charge is 0.303 e. The fourth-order valence-corrected chi connectivity index (χ4v) is 3.03. The van der Waals surface area contributed by atoms with E-state index in [0.717, 1.165) is 43.5 Å². The number of tetrazole rings is 1. The van der Waals surface area contributed by atoms with E-state index in [1.165, 1.54) is 5.56 Å². The molecular weight excluding hydrogens is 282 g/mol. The molecule has 0 N–H and O–H groups in total. The molecule has 6 heteroatoms. The second-order valence-electron chi connectivity index (χ2n) is 4.80. The number of aryl methyl sites for hydroxylation is 2. The van der Waals surface area contributed by atoms with Crippen LogP contribution in [0.4, 0.5) is 0 Å². The Morgan fingerprint density at radius 1 is 1.14 bits per heavy atom. The first kappa shape index (κ1) is 16.0. The highest BCUT2D eigenvalue weighted by atomic mass is 32.2. The van der Waals surface area contributed by atoms with Gasteiger partial charge in [0.05, 0.1) is 0 Å². The van der Waals surface area contributed by atoms with Crippen LogP contribution in [0.1, 0.15) is 19.4 Å². The van der Waals surface area contributed by atoms with E-state index in [0.29, 0.717) is 0 Å². The van der Waals surface area contributed by atoms with Crippen LogP contribution >= 0.6 is 11.8 Å². The summed E-state index contributed by atoms with van der Waals surface area (Å²) in [6.45, 7) is 8.47. The van der Waals surface area contributed by atoms with Crippen LogP contribution < -0.4 is 0 Å². The molecule has 21 heavy (non-hydrogen) atoms. The third-order valence-corrected chi connectivity index (χ3v) is 4.42. The summed E-state index contributed by atoms with van der Waals surface area (Å²) in [5.41, 5.74) is 1.31. The highest BCUT2D eigenvalue weighted by Crippen LogP contribution is 2.14. The van der Waals surface area contributed by atoms with Gasteiger partial charge in [-0.2, -0.15) is 0 Å². The quantitative estimate of drug-likeness (QED) is 0.666. The fourth-order valence-electron chi connectivity index (χ4n) is 2.13. The standard InChI is InChI=1S/C15H23N5S/c1-3-19(4-2)12-13-21-15-16-17-18-20(15)11-10-14-8-6-5-7-9-14/h5-9H,3-4,10-13H2,1-2H3. The van der Waals surface area contributed by atoms with Gasteiger partial charge in [-0.25, -0.2) is 4.68 Å². The molecule has 1 aromatic carbocycles. The molecule has 0 aliphatic carbocycles. The van der Waals surface area contributed by atoms with E-state index in [2.05, 4.69) is 58.5 Å². The second-order valence-corrected chi connectivity index (χ2v) is 5.86. The van der Waals surface area contributed by atoms with E-state index in [1.54, 1.807) is 11.8 Å². The Labute approximate surface area is 130 Å². The first-order chi connectivity index (χ1) is 10.3. The Hall–Kier alpha value is -1.40. The van der Waals surface area contributed by atoms with Crippen LogP contribution in [0.15, 0.2) is 35.5 Å².